The molecule has 0 aliphatic carbocycles. The Bertz CT molecular complexity index is 1070. The second-order valence-corrected chi connectivity index (χ2v) is 8.60. The number of halogens is 1. The third-order valence-electron chi connectivity index (χ3n) is 4.88. The molecule has 1 N–H and O–H groups in total. The van der Waals surface area contributed by atoms with E-state index in [0.29, 0.717) is 23.9 Å². The minimum absolute atomic E-state index is 0.0893. The topological polar surface area (TPSA) is 70.5 Å². The van der Waals surface area contributed by atoms with Crippen LogP contribution >= 0.6 is 0 Å². The number of pyridine rings is 1. The van der Waals surface area contributed by atoms with Gasteiger partial charge in [0.15, 0.2) is 0 Å². The molecular weight excluding hydrogens is 367 g/mol. The molecule has 1 aromatic heterocycles. The molecule has 5 nitrogen and oxygen atoms in total. The Balaban J connectivity index is 1.75. The van der Waals surface area contributed by atoms with E-state index in [1.165, 1.54) is 6.20 Å². The number of para-hydroxylation sites is 1. The maximum absolute atomic E-state index is 13.9. The summed E-state index contributed by atoms with van der Waals surface area (Å²) in [5.74, 6) is 0. The van der Waals surface area contributed by atoms with Crippen molar-refractivity contribution in [2.45, 2.75) is 28.5 Å². The fraction of sp³-hybridized carbons (Fsp3) is 0.250. The average Bonchev–Trinajstić information content (AvgIpc) is 2.70. The fourth-order valence-electron chi connectivity index (χ4n) is 3.37. The summed E-state index contributed by atoms with van der Waals surface area (Å²) < 4.78 is 39.6. The molecule has 1 aliphatic heterocycles. The molecule has 4 rings (SSSR count). The number of piperidine rings is 1. The Kier molecular flexibility index (Phi) is 4.57. The lowest BCUT2D eigenvalue weighted by Gasteiger charge is -2.34. The summed E-state index contributed by atoms with van der Waals surface area (Å²) in [6.45, 7) is 0.610. The van der Waals surface area contributed by atoms with Gasteiger partial charge >= 0.3 is 0 Å². The van der Waals surface area contributed by atoms with E-state index >= 15 is 0 Å². The third-order valence-corrected chi connectivity index (χ3v) is 6.61. The number of aliphatic hydroxyl groups is 1. The molecule has 0 saturated carbocycles. The van der Waals surface area contributed by atoms with Crippen molar-refractivity contribution in [1.29, 1.82) is 0 Å². The number of aliphatic hydroxyl groups excluding tert-OH is 1. The van der Waals surface area contributed by atoms with Crippen molar-refractivity contribution < 1.29 is 17.9 Å². The number of nitrogens with zero attached hydrogens (tertiary/aromatic N) is 2. The zero-order valence-corrected chi connectivity index (χ0v) is 15.3. The van der Waals surface area contributed by atoms with Gasteiger partial charge in [0.05, 0.1) is 33.6 Å². The van der Waals surface area contributed by atoms with Crippen LogP contribution in [-0.2, 0) is 9.84 Å². The molecule has 2 heterocycles. The van der Waals surface area contributed by atoms with Crippen molar-refractivity contribution in [3.05, 3.63) is 60.8 Å². The molecular formula is C20H19FN2O3S. The quantitative estimate of drug-likeness (QED) is 0.749. The molecule has 140 valence electrons. The standard InChI is InChI=1S/C20H19FN2O3S/c21-17-13-23(10-9-19(17)24)18-8-4-5-14-11-16(12-22-20(14)18)27(25,26)15-6-2-1-3-7-15/h1-8,11-12,17,19,24H,9-10,13H2. The maximum atomic E-state index is 13.9. The van der Waals surface area contributed by atoms with Crippen LogP contribution in [0, 0.1) is 0 Å². The number of hydrogen-bond acceptors (Lipinski definition) is 5. The lowest BCUT2D eigenvalue weighted by molar-refractivity contribution is 0.0616. The molecule has 27 heavy (non-hydrogen) atoms. The van der Waals surface area contributed by atoms with Crippen LogP contribution in [0.3, 0.4) is 0 Å². The maximum Gasteiger partial charge on any atom is 0.208 e. The van der Waals surface area contributed by atoms with Gasteiger partial charge in [-0.2, -0.15) is 0 Å². The van der Waals surface area contributed by atoms with E-state index in [1.54, 1.807) is 48.5 Å². The van der Waals surface area contributed by atoms with Gasteiger partial charge in [-0.25, -0.2) is 12.8 Å². The minimum Gasteiger partial charge on any atom is -0.390 e. The number of rotatable bonds is 3. The molecule has 0 bridgehead atoms. The summed E-state index contributed by atoms with van der Waals surface area (Å²) in [5.41, 5.74) is 1.36. The van der Waals surface area contributed by atoms with Crippen LogP contribution in [0.4, 0.5) is 10.1 Å². The van der Waals surface area contributed by atoms with E-state index in [1.807, 2.05) is 11.0 Å². The SMILES string of the molecule is O=S(=O)(c1ccccc1)c1cnc2c(N3CCC(O)C(F)C3)cccc2c1. The number of alkyl halides is 1. The first-order chi connectivity index (χ1) is 13.0. The number of benzene rings is 2. The molecule has 7 heteroatoms. The number of fused-ring (bicyclic) bond motifs is 1. The molecule has 2 unspecified atom stereocenters. The number of aromatic nitrogens is 1. The first-order valence-electron chi connectivity index (χ1n) is 8.73. The largest absolute Gasteiger partial charge is 0.390 e. The first-order valence-corrected chi connectivity index (χ1v) is 10.2. The van der Waals surface area contributed by atoms with E-state index < -0.39 is 22.1 Å². The average molecular weight is 386 g/mol. The molecule has 1 fully saturated rings. The highest BCUT2D eigenvalue weighted by Gasteiger charge is 2.28. The normalized spacial score (nSPS) is 20.7. The van der Waals surface area contributed by atoms with Crippen molar-refractivity contribution in [1.82, 2.24) is 4.98 Å². The summed E-state index contributed by atoms with van der Waals surface area (Å²) >= 11 is 0. The summed E-state index contributed by atoms with van der Waals surface area (Å²) in [4.78, 5) is 6.57. The van der Waals surface area contributed by atoms with Gasteiger partial charge in [-0.15, -0.1) is 0 Å². The molecule has 3 aromatic rings. The predicted molar refractivity (Wildman–Crippen MR) is 101 cm³/mol. The summed E-state index contributed by atoms with van der Waals surface area (Å²) in [5, 5.41) is 10.3. The van der Waals surface area contributed by atoms with E-state index in [9.17, 15) is 17.9 Å². The molecule has 2 atom stereocenters. The van der Waals surface area contributed by atoms with Gasteiger partial charge < -0.3 is 10.0 Å². The van der Waals surface area contributed by atoms with Crippen molar-refractivity contribution in [3.63, 3.8) is 0 Å². The van der Waals surface area contributed by atoms with Crippen LogP contribution in [0.5, 0.6) is 0 Å². The van der Waals surface area contributed by atoms with Crippen LogP contribution < -0.4 is 4.90 Å². The van der Waals surface area contributed by atoms with E-state index in [4.69, 9.17) is 0 Å². The highest BCUT2D eigenvalue weighted by Crippen LogP contribution is 2.30. The Hall–Kier alpha value is -2.51. The zero-order valence-electron chi connectivity index (χ0n) is 14.5. The molecule has 0 amide bonds. The lowest BCUT2D eigenvalue weighted by atomic mass is 10.0. The van der Waals surface area contributed by atoms with Crippen LogP contribution in [0.2, 0.25) is 0 Å². The second-order valence-electron chi connectivity index (χ2n) is 6.65. The minimum atomic E-state index is -3.65. The van der Waals surface area contributed by atoms with Crippen molar-refractivity contribution in [2.24, 2.45) is 0 Å². The summed E-state index contributed by atoms with van der Waals surface area (Å²) in [7, 11) is -3.65. The van der Waals surface area contributed by atoms with Gasteiger partial charge in [0.25, 0.3) is 0 Å². The van der Waals surface area contributed by atoms with Gasteiger partial charge in [-0.3, -0.25) is 4.98 Å². The lowest BCUT2D eigenvalue weighted by Crippen LogP contribution is -2.44. The molecule has 0 spiro atoms. The van der Waals surface area contributed by atoms with Crippen LogP contribution in [0.1, 0.15) is 6.42 Å². The third kappa shape index (κ3) is 3.28. The zero-order chi connectivity index (χ0) is 19.0. The Morgan fingerprint density at radius 1 is 1.07 bits per heavy atom. The summed E-state index contributed by atoms with van der Waals surface area (Å²) in [6.07, 6.45) is -0.559. The second kappa shape index (κ2) is 6.90. The first kappa shape index (κ1) is 17.9. The number of anilines is 1. The predicted octanol–water partition coefficient (Wildman–Crippen LogP) is 2.98. The smallest absolute Gasteiger partial charge is 0.208 e. The fourth-order valence-corrected chi connectivity index (χ4v) is 4.63. The van der Waals surface area contributed by atoms with Crippen molar-refractivity contribution >= 4 is 26.4 Å². The van der Waals surface area contributed by atoms with E-state index in [0.717, 1.165) is 5.69 Å². The highest BCUT2D eigenvalue weighted by molar-refractivity contribution is 7.91. The monoisotopic (exact) mass is 386 g/mol. The Labute approximate surface area is 157 Å². The van der Waals surface area contributed by atoms with Crippen molar-refractivity contribution in [3.8, 4) is 0 Å². The molecule has 1 saturated heterocycles. The number of sulfone groups is 1. The van der Waals surface area contributed by atoms with Gasteiger partial charge in [-0.05, 0) is 30.7 Å². The van der Waals surface area contributed by atoms with Crippen LogP contribution in [0.25, 0.3) is 10.9 Å². The van der Waals surface area contributed by atoms with Crippen LogP contribution in [-0.4, -0.2) is 43.9 Å². The Morgan fingerprint density at radius 3 is 2.59 bits per heavy atom. The van der Waals surface area contributed by atoms with Gasteiger partial charge in [0, 0.05) is 18.1 Å². The molecule has 2 aromatic carbocycles. The van der Waals surface area contributed by atoms with Crippen LogP contribution in [0.15, 0.2) is 70.6 Å². The summed E-state index contributed by atoms with van der Waals surface area (Å²) in [6, 6.07) is 15.3. The van der Waals surface area contributed by atoms with Gasteiger partial charge in [-0.1, -0.05) is 30.3 Å². The van der Waals surface area contributed by atoms with E-state index in [2.05, 4.69) is 4.98 Å². The van der Waals surface area contributed by atoms with E-state index in [-0.39, 0.29) is 16.3 Å². The Morgan fingerprint density at radius 2 is 1.85 bits per heavy atom. The highest BCUT2D eigenvalue weighted by atomic mass is 32.2. The number of hydrogen-bond donors (Lipinski definition) is 1. The molecule has 1 aliphatic rings. The molecule has 0 radical (unpaired) electrons. The van der Waals surface area contributed by atoms with Gasteiger partial charge in [0.1, 0.15) is 6.17 Å². The van der Waals surface area contributed by atoms with Crippen molar-refractivity contribution in [2.75, 3.05) is 18.0 Å². The van der Waals surface area contributed by atoms with Gasteiger partial charge in [0.2, 0.25) is 9.84 Å².